The number of hydrogen-bond acceptors (Lipinski definition) is 4. The molecule has 0 saturated heterocycles. The molecule has 0 bridgehead atoms. The minimum atomic E-state index is -0.123. The molecule has 2 aromatic heterocycles. The van der Waals surface area contributed by atoms with Gasteiger partial charge in [-0.05, 0) is 67.7 Å². The lowest BCUT2D eigenvalue weighted by molar-refractivity contribution is 0.660. The van der Waals surface area contributed by atoms with Crippen molar-refractivity contribution in [3.63, 3.8) is 0 Å². The van der Waals surface area contributed by atoms with Crippen LogP contribution in [0.2, 0.25) is 0 Å². The Bertz CT molecular complexity index is 3140. The number of fused-ring (bicyclic) bond motifs is 10. The number of thiophene rings is 1. The van der Waals surface area contributed by atoms with Crippen molar-refractivity contribution in [2.75, 3.05) is 0 Å². The number of rotatable bonds is 4. The Morgan fingerprint density at radius 3 is 1.96 bits per heavy atom. The van der Waals surface area contributed by atoms with E-state index in [0.29, 0.717) is 17.5 Å². The molecule has 3 nitrogen and oxygen atoms in total. The molecule has 1 aliphatic carbocycles. The molecule has 0 atom stereocenters. The van der Waals surface area contributed by atoms with E-state index >= 15 is 0 Å². The van der Waals surface area contributed by atoms with Crippen molar-refractivity contribution in [1.29, 1.82) is 0 Å². The summed E-state index contributed by atoms with van der Waals surface area (Å²) in [6.45, 7) is 4.61. The Labute approximate surface area is 317 Å². The highest BCUT2D eigenvalue weighted by molar-refractivity contribution is 7.26. The smallest absolute Gasteiger partial charge is 0.164 e. The summed E-state index contributed by atoms with van der Waals surface area (Å²) < 4.78 is 2.66. The van der Waals surface area contributed by atoms with Crippen LogP contribution in [0.25, 0.3) is 98.1 Å². The topological polar surface area (TPSA) is 38.7 Å². The summed E-state index contributed by atoms with van der Waals surface area (Å²) in [5.41, 5.74) is 10.2. The van der Waals surface area contributed by atoms with Crippen molar-refractivity contribution < 1.29 is 0 Å². The summed E-state index contributed by atoms with van der Waals surface area (Å²) in [7, 11) is 0. The second-order valence-corrected chi connectivity index (χ2v) is 15.8. The van der Waals surface area contributed by atoms with Gasteiger partial charge in [-0.1, -0.05) is 159 Å². The van der Waals surface area contributed by atoms with E-state index in [-0.39, 0.29) is 5.41 Å². The maximum absolute atomic E-state index is 5.26. The van der Waals surface area contributed by atoms with Crippen LogP contribution in [-0.4, -0.2) is 15.0 Å². The molecule has 254 valence electrons. The van der Waals surface area contributed by atoms with Gasteiger partial charge in [0.15, 0.2) is 17.5 Å². The van der Waals surface area contributed by atoms with Crippen molar-refractivity contribution in [3.05, 3.63) is 175 Å². The van der Waals surface area contributed by atoms with Crippen LogP contribution in [-0.2, 0) is 5.41 Å². The molecule has 10 aromatic rings. The Balaban J connectivity index is 1.09. The largest absolute Gasteiger partial charge is 0.208 e. The molecule has 11 rings (SSSR count). The van der Waals surface area contributed by atoms with Crippen molar-refractivity contribution in [3.8, 4) is 56.4 Å². The third kappa shape index (κ3) is 4.70. The van der Waals surface area contributed by atoms with Crippen molar-refractivity contribution in [1.82, 2.24) is 15.0 Å². The Hall–Kier alpha value is -6.49. The van der Waals surface area contributed by atoms with E-state index in [1.54, 1.807) is 0 Å². The van der Waals surface area contributed by atoms with Crippen LogP contribution in [0.1, 0.15) is 25.0 Å². The first kappa shape index (κ1) is 31.1. The van der Waals surface area contributed by atoms with E-state index in [9.17, 15) is 0 Å². The molecule has 54 heavy (non-hydrogen) atoms. The fourth-order valence-corrected chi connectivity index (χ4v) is 9.89. The van der Waals surface area contributed by atoms with Gasteiger partial charge in [0, 0.05) is 47.7 Å². The number of aromatic nitrogens is 3. The van der Waals surface area contributed by atoms with Crippen LogP contribution in [0.3, 0.4) is 0 Å². The molecular weight excluding hydrogens is 675 g/mol. The van der Waals surface area contributed by atoms with Gasteiger partial charge >= 0.3 is 0 Å². The molecule has 0 aliphatic heterocycles. The zero-order valence-electron chi connectivity index (χ0n) is 29.8. The van der Waals surface area contributed by atoms with Gasteiger partial charge in [0.25, 0.3) is 0 Å². The van der Waals surface area contributed by atoms with Gasteiger partial charge < -0.3 is 0 Å². The van der Waals surface area contributed by atoms with E-state index in [0.717, 1.165) is 27.8 Å². The predicted octanol–water partition coefficient (Wildman–Crippen LogP) is 13.5. The molecular formula is C50H33N3S. The first-order valence-electron chi connectivity index (χ1n) is 18.4. The van der Waals surface area contributed by atoms with Crippen LogP contribution in [0.5, 0.6) is 0 Å². The first-order valence-corrected chi connectivity index (χ1v) is 19.3. The van der Waals surface area contributed by atoms with E-state index in [1.807, 2.05) is 29.5 Å². The first-order chi connectivity index (χ1) is 26.5. The highest BCUT2D eigenvalue weighted by Gasteiger charge is 2.37. The lowest BCUT2D eigenvalue weighted by Gasteiger charge is -2.21. The number of benzene rings is 8. The minimum absolute atomic E-state index is 0.123. The summed E-state index contributed by atoms with van der Waals surface area (Å²) in [6, 6.07) is 58.8. The molecule has 0 N–H and O–H groups in total. The summed E-state index contributed by atoms with van der Waals surface area (Å²) in [5, 5.41) is 7.72. The lowest BCUT2D eigenvalue weighted by atomic mass is 9.82. The summed E-state index contributed by atoms with van der Waals surface area (Å²) in [6.07, 6.45) is 0. The molecule has 0 fully saturated rings. The van der Waals surface area contributed by atoms with Gasteiger partial charge in [0.05, 0.1) is 0 Å². The molecule has 0 saturated carbocycles. The SMILES string of the molecule is CC1(C)c2ccccc2-c2c(-c3nc(-c4ccccc4)nc(-c4cccc(-c5ccc6ccc7ccc8c9ccccc9sc8c7c6c5)c4)n3)cccc21. The van der Waals surface area contributed by atoms with Crippen molar-refractivity contribution in [2.45, 2.75) is 19.3 Å². The average Bonchev–Trinajstić information content (AvgIpc) is 3.73. The van der Waals surface area contributed by atoms with Crippen molar-refractivity contribution >= 4 is 53.1 Å². The van der Waals surface area contributed by atoms with Crippen LogP contribution < -0.4 is 0 Å². The Morgan fingerprint density at radius 2 is 1.06 bits per heavy atom. The van der Waals surface area contributed by atoms with Crippen LogP contribution >= 0.6 is 11.3 Å². The predicted molar refractivity (Wildman–Crippen MR) is 227 cm³/mol. The van der Waals surface area contributed by atoms with Gasteiger partial charge in [-0.25, -0.2) is 15.0 Å². The highest BCUT2D eigenvalue weighted by Crippen LogP contribution is 2.51. The third-order valence-corrected chi connectivity index (χ3v) is 12.5. The molecule has 4 heteroatoms. The van der Waals surface area contributed by atoms with Gasteiger partial charge in [-0.3, -0.25) is 0 Å². The van der Waals surface area contributed by atoms with Crippen LogP contribution in [0, 0.1) is 0 Å². The molecule has 2 heterocycles. The normalized spacial score (nSPS) is 13.1. The molecule has 0 amide bonds. The fraction of sp³-hybridized carbons (Fsp3) is 0.0600. The van der Waals surface area contributed by atoms with E-state index in [1.165, 1.54) is 64.0 Å². The Kier molecular flexibility index (Phi) is 6.77. The average molecular weight is 708 g/mol. The molecule has 1 aliphatic rings. The van der Waals surface area contributed by atoms with Gasteiger partial charge in [0.2, 0.25) is 0 Å². The van der Waals surface area contributed by atoms with Crippen molar-refractivity contribution in [2.24, 2.45) is 0 Å². The fourth-order valence-electron chi connectivity index (χ4n) is 8.62. The zero-order valence-corrected chi connectivity index (χ0v) is 30.7. The summed E-state index contributed by atoms with van der Waals surface area (Å²) in [4.78, 5) is 15.5. The van der Waals surface area contributed by atoms with E-state index in [4.69, 9.17) is 15.0 Å². The van der Waals surface area contributed by atoms with E-state index in [2.05, 4.69) is 159 Å². The summed E-state index contributed by atoms with van der Waals surface area (Å²) in [5.74, 6) is 1.99. The van der Waals surface area contributed by atoms with Gasteiger partial charge in [0.1, 0.15) is 0 Å². The monoisotopic (exact) mass is 707 g/mol. The standard InChI is InChI=1S/C50H33N3S/c1-50(2)41-19-8-6-17-38(41)45-39(18-11-20-42(45)50)49-52-47(32-12-4-3-5-13-32)51-48(53-49)35-15-10-14-33(28-35)34-25-23-30-22-24-31-26-27-37-36-16-7-9-21-43(36)54-46(37)44(31)40(30)29-34/h3-29H,1-2H3. The molecule has 8 aromatic carbocycles. The van der Waals surface area contributed by atoms with Crippen LogP contribution in [0.4, 0.5) is 0 Å². The highest BCUT2D eigenvalue weighted by atomic mass is 32.1. The zero-order chi connectivity index (χ0) is 36.0. The number of hydrogen-bond donors (Lipinski definition) is 0. The number of nitrogens with zero attached hydrogens (tertiary/aromatic N) is 3. The van der Waals surface area contributed by atoms with Crippen LogP contribution in [0.15, 0.2) is 164 Å². The van der Waals surface area contributed by atoms with Gasteiger partial charge in [-0.15, -0.1) is 11.3 Å². The summed E-state index contributed by atoms with van der Waals surface area (Å²) >= 11 is 1.89. The molecule has 0 spiro atoms. The maximum Gasteiger partial charge on any atom is 0.164 e. The second kappa shape index (κ2) is 11.8. The molecule has 0 radical (unpaired) electrons. The minimum Gasteiger partial charge on any atom is -0.208 e. The third-order valence-electron chi connectivity index (χ3n) is 11.3. The van der Waals surface area contributed by atoms with Gasteiger partial charge in [-0.2, -0.15) is 0 Å². The Morgan fingerprint density at radius 1 is 0.426 bits per heavy atom. The molecule has 0 unspecified atom stereocenters. The van der Waals surface area contributed by atoms with E-state index < -0.39 is 0 Å². The quantitative estimate of drug-likeness (QED) is 0.171. The lowest BCUT2D eigenvalue weighted by Crippen LogP contribution is -2.14. The maximum atomic E-state index is 5.26. The second-order valence-electron chi connectivity index (χ2n) is 14.8.